The molecule has 2 heterocycles. The van der Waals surface area contributed by atoms with E-state index in [0.717, 1.165) is 18.2 Å². The van der Waals surface area contributed by atoms with Gasteiger partial charge in [-0.1, -0.05) is 18.2 Å². The number of rotatable bonds is 3. The van der Waals surface area contributed by atoms with Crippen LogP contribution >= 0.6 is 0 Å². The average Bonchev–Trinajstić information content (AvgIpc) is 2.57. The Bertz CT molecular complexity index is 741. The summed E-state index contributed by atoms with van der Waals surface area (Å²) in [4.78, 5) is 26.5. The fraction of sp³-hybridized carbons (Fsp3) is 0.438. The van der Waals surface area contributed by atoms with Crippen LogP contribution < -0.4 is 5.56 Å². The van der Waals surface area contributed by atoms with Gasteiger partial charge in [0.1, 0.15) is 6.54 Å². The lowest BCUT2D eigenvalue weighted by molar-refractivity contribution is -0.135. The first-order valence-corrected chi connectivity index (χ1v) is 7.44. The van der Waals surface area contributed by atoms with Crippen LogP contribution in [-0.4, -0.2) is 46.9 Å². The van der Waals surface area contributed by atoms with Crippen molar-refractivity contribution in [2.75, 3.05) is 20.2 Å². The molecule has 0 spiro atoms. The molecule has 1 aromatic carbocycles. The predicted molar refractivity (Wildman–Crippen MR) is 82.6 cm³/mol. The number of aromatic nitrogens is 2. The molecule has 1 amide bonds. The van der Waals surface area contributed by atoms with Crippen LogP contribution in [0.15, 0.2) is 35.3 Å². The molecule has 0 aliphatic carbocycles. The Labute approximate surface area is 128 Å². The lowest BCUT2D eigenvalue weighted by Crippen LogP contribution is -2.45. The second kappa shape index (κ2) is 6.27. The molecule has 1 fully saturated rings. The molecule has 6 heteroatoms. The normalized spacial score (nSPS) is 18.6. The van der Waals surface area contributed by atoms with Crippen LogP contribution in [0.3, 0.4) is 0 Å². The van der Waals surface area contributed by atoms with Crippen molar-refractivity contribution in [3.05, 3.63) is 40.8 Å². The van der Waals surface area contributed by atoms with E-state index in [1.807, 2.05) is 18.2 Å². The second-order valence-corrected chi connectivity index (χ2v) is 5.53. The lowest BCUT2D eigenvalue weighted by Gasteiger charge is -2.31. The summed E-state index contributed by atoms with van der Waals surface area (Å²) in [5.41, 5.74) is -0.230. The van der Waals surface area contributed by atoms with Crippen LogP contribution in [0, 0.1) is 0 Å². The van der Waals surface area contributed by atoms with Crippen molar-refractivity contribution in [2.45, 2.75) is 25.5 Å². The SMILES string of the molecule is CO[C@@H]1CCCN(C(=O)Cn2ncc3ccccc3c2=O)C1. The summed E-state index contributed by atoms with van der Waals surface area (Å²) >= 11 is 0. The van der Waals surface area contributed by atoms with Crippen LogP contribution in [0.2, 0.25) is 0 Å². The molecule has 1 saturated heterocycles. The third-order valence-electron chi connectivity index (χ3n) is 4.11. The molecule has 1 atom stereocenters. The second-order valence-electron chi connectivity index (χ2n) is 5.53. The molecule has 2 aromatic rings. The number of nitrogens with zero attached hydrogens (tertiary/aromatic N) is 3. The standard InChI is InChI=1S/C16H19N3O3/c1-22-13-6-4-8-18(10-13)15(20)11-19-16(21)14-7-3-2-5-12(14)9-17-19/h2-3,5,7,9,13H,4,6,8,10-11H2,1H3/t13-/m1/s1. The van der Waals surface area contributed by atoms with Crippen LogP contribution in [0.5, 0.6) is 0 Å². The first-order valence-electron chi connectivity index (χ1n) is 7.44. The number of carbonyl (C=O) groups is 1. The van der Waals surface area contributed by atoms with Crippen LogP contribution in [-0.2, 0) is 16.1 Å². The number of amides is 1. The summed E-state index contributed by atoms with van der Waals surface area (Å²) in [7, 11) is 1.66. The number of piperidine rings is 1. The maximum Gasteiger partial charge on any atom is 0.275 e. The topological polar surface area (TPSA) is 64.4 Å². The quantitative estimate of drug-likeness (QED) is 0.849. The fourth-order valence-corrected chi connectivity index (χ4v) is 2.83. The Morgan fingerprint density at radius 2 is 2.23 bits per heavy atom. The molecule has 0 bridgehead atoms. The monoisotopic (exact) mass is 301 g/mol. The number of likely N-dealkylation sites (tertiary alicyclic amines) is 1. The molecule has 1 aromatic heterocycles. The number of hydrogen-bond donors (Lipinski definition) is 0. The van der Waals surface area contributed by atoms with Gasteiger partial charge in [0.05, 0.1) is 17.7 Å². The van der Waals surface area contributed by atoms with E-state index < -0.39 is 0 Å². The van der Waals surface area contributed by atoms with Crippen molar-refractivity contribution in [1.29, 1.82) is 0 Å². The zero-order chi connectivity index (χ0) is 15.5. The highest BCUT2D eigenvalue weighted by Gasteiger charge is 2.24. The Balaban J connectivity index is 1.79. The molecule has 116 valence electrons. The third-order valence-corrected chi connectivity index (χ3v) is 4.11. The van der Waals surface area contributed by atoms with Crippen LogP contribution in [0.1, 0.15) is 12.8 Å². The number of ether oxygens (including phenoxy) is 1. The zero-order valence-electron chi connectivity index (χ0n) is 12.6. The lowest BCUT2D eigenvalue weighted by atomic mass is 10.1. The van der Waals surface area contributed by atoms with Gasteiger partial charge in [0, 0.05) is 25.6 Å². The molecular formula is C16H19N3O3. The number of fused-ring (bicyclic) bond motifs is 1. The van der Waals surface area contributed by atoms with Gasteiger partial charge in [-0.3, -0.25) is 9.59 Å². The predicted octanol–water partition coefficient (Wildman–Crippen LogP) is 1.03. The molecule has 6 nitrogen and oxygen atoms in total. The maximum absolute atomic E-state index is 12.4. The van der Waals surface area contributed by atoms with E-state index in [1.54, 1.807) is 24.3 Å². The summed E-state index contributed by atoms with van der Waals surface area (Å²) in [6.45, 7) is 1.26. The minimum Gasteiger partial charge on any atom is -0.380 e. The Morgan fingerprint density at radius 1 is 1.41 bits per heavy atom. The van der Waals surface area contributed by atoms with E-state index in [0.29, 0.717) is 18.5 Å². The highest BCUT2D eigenvalue weighted by molar-refractivity contribution is 5.81. The van der Waals surface area contributed by atoms with Gasteiger partial charge in [0.25, 0.3) is 5.56 Å². The first-order chi connectivity index (χ1) is 10.7. The molecule has 1 aliphatic rings. The summed E-state index contributed by atoms with van der Waals surface area (Å²) in [5.74, 6) is -0.0911. The van der Waals surface area contributed by atoms with Crippen molar-refractivity contribution in [1.82, 2.24) is 14.7 Å². The van der Waals surface area contributed by atoms with Gasteiger partial charge >= 0.3 is 0 Å². The molecular weight excluding hydrogens is 282 g/mol. The van der Waals surface area contributed by atoms with Crippen molar-refractivity contribution < 1.29 is 9.53 Å². The van der Waals surface area contributed by atoms with E-state index in [9.17, 15) is 9.59 Å². The molecule has 1 aliphatic heterocycles. The molecule has 0 N–H and O–H groups in total. The molecule has 22 heavy (non-hydrogen) atoms. The fourth-order valence-electron chi connectivity index (χ4n) is 2.83. The number of benzene rings is 1. The van der Waals surface area contributed by atoms with E-state index >= 15 is 0 Å². The smallest absolute Gasteiger partial charge is 0.275 e. The highest BCUT2D eigenvalue weighted by Crippen LogP contribution is 2.13. The zero-order valence-corrected chi connectivity index (χ0v) is 12.6. The van der Waals surface area contributed by atoms with Crippen LogP contribution in [0.4, 0.5) is 0 Å². The number of methoxy groups -OCH3 is 1. The number of hydrogen-bond acceptors (Lipinski definition) is 4. The molecule has 0 unspecified atom stereocenters. The van der Waals surface area contributed by atoms with Gasteiger partial charge in [-0.25, -0.2) is 4.68 Å². The molecule has 0 radical (unpaired) electrons. The van der Waals surface area contributed by atoms with Crippen LogP contribution in [0.25, 0.3) is 10.8 Å². The third kappa shape index (κ3) is 2.87. The van der Waals surface area contributed by atoms with Gasteiger partial charge in [0.15, 0.2) is 0 Å². The number of carbonyl (C=O) groups excluding carboxylic acids is 1. The summed E-state index contributed by atoms with van der Waals surface area (Å²) in [6, 6.07) is 7.26. The summed E-state index contributed by atoms with van der Waals surface area (Å²) in [6.07, 6.45) is 3.59. The van der Waals surface area contributed by atoms with Crippen molar-refractivity contribution in [3.8, 4) is 0 Å². The van der Waals surface area contributed by atoms with E-state index in [4.69, 9.17) is 4.74 Å². The van der Waals surface area contributed by atoms with E-state index in [-0.39, 0.29) is 24.1 Å². The minimum atomic E-state index is -0.230. The van der Waals surface area contributed by atoms with Gasteiger partial charge in [-0.15, -0.1) is 0 Å². The summed E-state index contributed by atoms with van der Waals surface area (Å²) < 4.78 is 6.56. The average molecular weight is 301 g/mol. The Morgan fingerprint density at radius 3 is 3.05 bits per heavy atom. The van der Waals surface area contributed by atoms with Gasteiger partial charge in [-0.2, -0.15) is 5.10 Å². The molecule has 0 saturated carbocycles. The van der Waals surface area contributed by atoms with Gasteiger partial charge < -0.3 is 9.64 Å². The van der Waals surface area contributed by atoms with Crippen molar-refractivity contribution in [2.24, 2.45) is 0 Å². The summed E-state index contributed by atoms with van der Waals surface area (Å²) in [5, 5.41) is 5.47. The minimum absolute atomic E-state index is 0.0277. The first kappa shape index (κ1) is 14.7. The van der Waals surface area contributed by atoms with E-state index in [1.165, 1.54) is 4.68 Å². The Hall–Kier alpha value is -2.21. The molecule has 3 rings (SSSR count). The van der Waals surface area contributed by atoms with Crippen molar-refractivity contribution >= 4 is 16.7 Å². The largest absolute Gasteiger partial charge is 0.380 e. The van der Waals surface area contributed by atoms with Crippen molar-refractivity contribution in [3.63, 3.8) is 0 Å². The maximum atomic E-state index is 12.4. The van der Waals surface area contributed by atoms with Gasteiger partial charge in [0.2, 0.25) is 5.91 Å². The van der Waals surface area contributed by atoms with Gasteiger partial charge in [-0.05, 0) is 18.9 Å². The Kier molecular flexibility index (Phi) is 4.20. The van der Waals surface area contributed by atoms with E-state index in [2.05, 4.69) is 5.10 Å². The highest BCUT2D eigenvalue weighted by atomic mass is 16.5.